The Labute approximate surface area is 129 Å². The Morgan fingerprint density at radius 3 is 2.10 bits per heavy atom. The molecule has 0 radical (unpaired) electrons. The first-order chi connectivity index (χ1) is 8.90. The number of carbonyl (C=O) groups excluding carboxylic acids is 1. The molecule has 1 aliphatic carbocycles. The highest BCUT2D eigenvalue weighted by atomic mass is 35.7. The van der Waals surface area contributed by atoms with Crippen molar-refractivity contribution in [3.63, 3.8) is 0 Å². The molecule has 0 aromatic rings. The molecule has 1 saturated carbocycles. The van der Waals surface area contributed by atoms with Gasteiger partial charge in [0.25, 0.3) is 9.05 Å². The maximum absolute atomic E-state index is 11.9. The van der Waals surface area contributed by atoms with Crippen LogP contribution in [0.1, 0.15) is 40.0 Å². The standard InChI is InChI=1S/C12H19Cl2NO4S/c1-10(2,3)19-9(16)15-6-4-11(5-7-15)8-12(11,13)20(14,17)18/h4-8H2,1-3H3. The fraction of sp³-hybridized carbons (Fsp3) is 0.917. The molecule has 116 valence electrons. The zero-order valence-corrected chi connectivity index (χ0v) is 14.1. The monoisotopic (exact) mass is 343 g/mol. The first-order valence-electron chi connectivity index (χ1n) is 6.51. The minimum absolute atomic E-state index is 0.357. The lowest BCUT2D eigenvalue weighted by atomic mass is 9.94. The van der Waals surface area contributed by atoms with E-state index in [9.17, 15) is 13.2 Å². The summed E-state index contributed by atoms with van der Waals surface area (Å²) in [6.07, 6.45) is 1.04. The zero-order chi connectivity index (χ0) is 15.4. The Morgan fingerprint density at radius 1 is 1.25 bits per heavy atom. The number of hydrogen-bond donors (Lipinski definition) is 0. The van der Waals surface area contributed by atoms with E-state index in [1.165, 1.54) is 0 Å². The van der Waals surface area contributed by atoms with Crippen LogP contribution in [0, 0.1) is 5.41 Å². The van der Waals surface area contributed by atoms with E-state index in [0.29, 0.717) is 32.4 Å². The lowest BCUT2D eigenvalue weighted by molar-refractivity contribution is 0.0172. The van der Waals surface area contributed by atoms with E-state index in [1.54, 1.807) is 25.7 Å². The third kappa shape index (κ3) is 2.74. The third-order valence-electron chi connectivity index (χ3n) is 3.99. The summed E-state index contributed by atoms with van der Waals surface area (Å²) in [6.45, 7) is 6.30. The second-order valence-electron chi connectivity index (χ2n) is 6.59. The second kappa shape index (κ2) is 4.65. The molecule has 2 aliphatic rings. The van der Waals surface area contributed by atoms with Crippen LogP contribution in [0.4, 0.5) is 4.79 Å². The number of amides is 1. The van der Waals surface area contributed by atoms with Crippen molar-refractivity contribution < 1.29 is 17.9 Å². The number of halogens is 2. The number of rotatable bonds is 1. The first-order valence-corrected chi connectivity index (χ1v) is 9.20. The quantitative estimate of drug-likeness (QED) is 0.542. The number of hydrogen-bond acceptors (Lipinski definition) is 4. The molecular weight excluding hydrogens is 325 g/mol. The van der Waals surface area contributed by atoms with Crippen LogP contribution in [0.5, 0.6) is 0 Å². The average molecular weight is 344 g/mol. The van der Waals surface area contributed by atoms with Crippen LogP contribution in [-0.4, -0.2) is 42.3 Å². The van der Waals surface area contributed by atoms with E-state index in [4.69, 9.17) is 27.0 Å². The van der Waals surface area contributed by atoms with Gasteiger partial charge in [-0.3, -0.25) is 0 Å². The molecule has 8 heteroatoms. The number of ether oxygens (including phenoxy) is 1. The smallest absolute Gasteiger partial charge is 0.410 e. The van der Waals surface area contributed by atoms with Crippen LogP contribution in [0.15, 0.2) is 0 Å². The second-order valence-corrected chi connectivity index (χ2v) is 10.3. The summed E-state index contributed by atoms with van der Waals surface area (Å²) in [5.74, 6) is 0. The van der Waals surface area contributed by atoms with Crippen molar-refractivity contribution >= 4 is 37.4 Å². The van der Waals surface area contributed by atoms with Gasteiger partial charge in [0, 0.05) is 29.2 Å². The highest BCUT2D eigenvalue weighted by Crippen LogP contribution is 2.69. The van der Waals surface area contributed by atoms with E-state index in [0.717, 1.165) is 0 Å². The summed E-state index contributed by atoms with van der Waals surface area (Å²) in [5, 5.41) is 0. The van der Waals surface area contributed by atoms with Gasteiger partial charge in [-0.05, 0) is 40.0 Å². The summed E-state index contributed by atoms with van der Waals surface area (Å²) in [4.78, 5) is 13.5. The molecule has 0 N–H and O–H groups in total. The number of alkyl halides is 1. The van der Waals surface area contributed by atoms with Gasteiger partial charge in [0.05, 0.1) is 0 Å². The first kappa shape index (κ1) is 16.2. The van der Waals surface area contributed by atoms with Crippen molar-refractivity contribution in [1.29, 1.82) is 0 Å². The maximum atomic E-state index is 11.9. The van der Waals surface area contributed by atoms with Crippen LogP contribution in [-0.2, 0) is 13.8 Å². The van der Waals surface area contributed by atoms with E-state index >= 15 is 0 Å². The maximum Gasteiger partial charge on any atom is 0.410 e. The molecule has 2 fully saturated rings. The molecule has 1 amide bonds. The van der Waals surface area contributed by atoms with Gasteiger partial charge in [0.2, 0.25) is 0 Å². The van der Waals surface area contributed by atoms with E-state index in [1.807, 2.05) is 0 Å². The minimum atomic E-state index is -3.80. The fourth-order valence-electron chi connectivity index (χ4n) is 2.73. The van der Waals surface area contributed by atoms with E-state index < -0.39 is 24.3 Å². The van der Waals surface area contributed by atoms with Crippen molar-refractivity contribution in [2.75, 3.05) is 13.1 Å². The molecule has 20 heavy (non-hydrogen) atoms. The normalized spacial score (nSPS) is 29.4. The van der Waals surface area contributed by atoms with Crippen molar-refractivity contribution in [2.45, 2.75) is 49.8 Å². The van der Waals surface area contributed by atoms with Gasteiger partial charge in [-0.25, -0.2) is 13.2 Å². The molecule has 1 atom stereocenters. The molecule has 2 rings (SSSR count). The van der Waals surface area contributed by atoms with Crippen molar-refractivity contribution in [2.24, 2.45) is 5.41 Å². The van der Waals surface area contributed by atoms with Gasteiger partial charge in [-0.1, -0.05) is 11.6 Å². The van der Waals surface area contributed by atoms with Gasteiger partial charge in [0.15, 0.2) is 4.21 Å². The van der Waals surface area contributed by atoms with Crippen molar-refractivity contribution in [3.8, 4) is 0 Å². The Bertz CT molecular complexity index is 520. The molecule has 1 unspecified atom stereocenters. The van der Waals surface area contributed by atoms with Gasteiger partial charge in [-0.2, -0.15) is 0 Å². The lowest BCUT2D eigenvalue weighted by Crippen LogP contribution is -2.43. The molecule has 1 heterocycles. The van der Waals surface area contributed by atoms with Gasteiger partial charge in [0.1, 0.15) is 5.60 Å². The third-order valence-corrected chi connectivity index (χ3v) is 7.51. The highest BCUT2D eigenvalue weighted by Gasteiger charge is 2.74. The predicted molar refractivity (Wildman–Crippen MR) is 77.4 cm³/mol. The predicted octanol–water partition coefficient (Wildman–Crippen LogP) is 2.91. The van der Waals surface area contributed by atoms with Crippen LogP contribution < -0.4 is 0 Å². The zero-order valence-electron chi connectivity index (χ0n) is 11.8. The Kier molecular flexibility index (Phi) is 3.76. The van der Waals surface area contributed by atoms with Crippen molar-refractivity contribution in [1.82, 2.24) is 4.90 Å². The van der Waals surface area contributed by atoms with Crippen LogP contribution in [0.2, 0.25) is 0 Å². The van der Waals surface area contributed by atoms with Crippen LogP contribution >= 0.6 is 22.3 Å². The van der Waals surface area contributed by atoms with E-state index in [-0.39, 0.29) is 6.09 Å². The molecule has 1 aliphatic heterocycles. The summed E-state index contributed by atoms with van der Waals surface area (Å²) in [7, 11) is 1.61. The highest BCUT2D eigenvalue weighted by molar-refractivity contribution is 8.16. The molecule has 5 nitrogen and oxygen atoms in total. The molecule has 0 bridgehead atoms. The van der Waals surface area contributed by atoms with Gasteiger partial charge in [-0.15, -0.1) is 0 Å². The molecule has 0 aromatic carbocycles. The van der Waals surface area contributed by atoms with Gasteiger partial charge < -0.3 is 9.64 Å². The van der Waals surface area contributed by atoms with Crippen molar-refractivity contribution in [3.05, 3.63) is 0 Å². The summed E-state index contributed by atoms with van der Waals surface area (Å²) in [5.41, 5.74) is -1.03. The van der Waals surface area contributed by atoms with Gasteiger partial charge >= 0.3 is 6.09 Å². The Balaban J connectivity index is 1.97. The Morgan fingerprint density at radius 2 is 1.75 bits per heavy atom. The summed E-state index contributed by atoms with van der Waals surface area (Å²) >= 11 is 6.14. The molecular formula is C12H19Cl2NO4S. The van der Waals surface area contributed by atoms with Crippen LogP contribution in [0.25, 0.3) is 0 Å². The van der Waals surface area contributed by atoms with Crippen LogP contribution in [0.3, 0.4) is 0 Å². The minimum Gasteiger partial charge on any atom is -0.444 e. The summed E-state index contributed by atoms with van der Waals surface area (Å²) in [6, 6.07) is 0. The molecule has 0 aromatic heterocycles. The fourth-order valence-corrected chi connectivity index (χ4v) is 5.00. The molecule has 1 spiro atoms. The van der Waals surface area contributed by atoms with E-state index in [2.05, 4.69) is 0 Å². The molecule has 1 saturated heterocycles. The number of likely N-dealkylation sites (tertiary alicyclic amines) is 1. The average Bonchev–Trinajstić information content (AvgIpc) is 2.82. The Hall–Kier alpha value is -0.200. The lowest BCUT2D eigenvalue weighted by Gasteiger charge is -2.34. The summed E-state index contributed by atoms with van der Waals surface area (Å²) < 4.78 is 27.0. The number of piperidine rings is 1. The largest absolute Gasteiger partial charge is 0.444 e. The number of nitrogens with zero attached hydrogens (tertiary/aromatic N) is 1. The topological polar surface area (TPSA) is 63.7 Å². The number of carbonyl (C=O) groups is 1. The SMILES string of the molecule is CC(C)(C)OC(=O)N1CCC2(CC1)CC2(Cl)S(=O)(=O)Cl.